The van der Waals surface area contributed by atoms with Crippen molar-refractivity contribution in [3.8, 4) is 5.75 Å². The van der Waals surface area contributed by atoms with Gasteiger partial charge in [0.2, 0.25) is 0 Å². The predicted molar refractivity (Wildman–Crippen MR) is 81.8 cm³/mol. The molecule has 0 spiro atoms. The highest BCUT2D eigenvalue weighted by Crippen LogP contribution is 2.17. The molecule has 6 heteroatoms. The first-order valence-electron chi connectivity index (χ1n) is 6.48. The Hall–Kier alpha value is -2.11. The molecular weight excluding hydrogens is 292 g/mol. The first-order valence-corrected chi connectivity index (χ1v) is 6.86. The fourth-order valence-corrected chi connectivity index (χ4v) is 1.96. The molecule has 0 bridgehead atoms. The van der Waals surface area contributed by atoms with Crippen molar-refractivity contribution in [2.75, 3.05) is 13.2 Å². The third-order valence-electron chi connectivity index (χ3n) is 2.86. The van der Waals surface area contributed by atoms with Gasteiger partial charge in [0.15, 0.2) is 0 Å². The molecule has 0 aromatic heterocycles. The lowest BCUT2D eigenvalue weighted by Crippen LogP contribution is -2.21. The van der Waals surface area contributed by atoms with Gasteiger partial charge in [-0.25, -0.2) is 0 Å². The van der Waals surface area contributed by atoms with Crippen LogP contribution in [0.1, 0.15) is 5.56 Å². The third kappa shape index (κ3) is 4.73. The molecule has 0 aliphatic carbocycles. The second kappa shape index (κ2) is 7.61. The molecule has 2 aromatic carbocycles. The summed E-state index contributed by atoms with van der Waals surface area (Å²) in [5.74, 6) is 0.742. The van der Waals surface area contributed by atoms with E-state index in [-0.39, 0.29) is 10.6 Å². The van der Waals surface area contributed by atoms with E-state index in [0.717, 1.165) is 5.75 Å². The van der Waals surface area contributed by atoms with E-state index in [1.165, 1.54) is 6.07 Å². The van der Waals surface area contributed by atoms with Crippen LogP contribution in [0.15, 0.2) is 48.5 Å². The molecule has 5 nitrogen and oxygen atoms in total. The first-order chi connectivity index (χ1) is 10.2. The van der Waals surface area contributed by atoms with Crippen LogP contribution in [0.25, 0.3) is 0 Å². The van der Waals surface area contributed by atoms with Crippen LogP contribution in [-0.2, 0) is 6.54 Å². The van der Waals surface area contributed by atoms with Crippen LogP contribution in [0, 0.1) is 10.1 Å². The summed E-state index contributed by atoms with van der Waals surface area (Å²) in [6, 6.07) is 13.8. The average Bonchev–Trinajstić information content (AvgIpc) is 2.49. The minimum atomic E-state index is -0.374. The molecule has 0 heterocycles. The number of para-hydroxylation sites is 1. The van der Waals surface area contributed by atoms with Crippen molar-refractivity contribution in [1.82, 2.24) is 5.32 Å². The molecule has 21 heavy (non-hydrogen) atoms. The van der Waals surface area contributed by atoms with E-state index in [2.05, 4.69) is 5.32 Å². The van der Waals surface area contributed by atoms with Crippen LogP contribution in [0.5, 0.6) is 5.75 Å². The average molecular weight is 307 g/mol. The summed E-state index contributed by atoms with van der Waals surface area (Å²) in [5.41, 5.74) is 0.789. The maximum Gasteiger partial charge on any atom is 0.273 e. The zero-order valence-corrected chi connectivity index (χ0v) is 12.0. The van der Waals surface area contributed by atoms with E-state index in [1.807, 2.05) is 0 Å². The molecule has 0 saturated carbocycles. The molecule has 2 rings (SSSR count). The smallest absolute Gasteiger partial charge is 0.273 e. The summed E-state index contributed by atoms with van der Waals surface area (Å²) in [5, 5.41) is 14.7. The van der Waals surface area contributed by atoms with Crippen LogP contribution in [-0.4, -0.2) is 18.1 Å². The minimum absolute atomic E-state index is 0.128. The Balaban J connectivity index is 1.75. The highest BCUT2D eigenvalue weighted by Gasteiger charge is 2.11. The van der Waals surface area contributed by atoms with Gasteiger partial charge in [-0.3, -0.25) is 10.1 Å². The van der Waals surface area contributed by atoms with Gasteiger partial charge in [-0.05, 0) is 24.3 Å². The minimum Gasteiger partial charge on any atom is -0.492 e. The zero-order valence-electron chi connectivity index (χ0n) is 11.3. The fourth-order valence-electron chi connectivity index (χ4n) is 1.83. The summed E-state index contributed by atoms with van der Waals surface area (Å²) in [7, 11) is 0. The van der Waals surface area contributed by atoms with Crippen LogP contribution in [0.4, 0.5) is 5.69 Å². The van der Waals surface area contributed by atoms with Gasteiger partial charge in [0.25, 0.3) is 5.69 Å². The van der Waals surface area contributed by atoms with Gasteiger partial charge in [-0.2, -0.15) is 0 Å². The zero-order chi connectivity index (χ0) is 15.1. The van der Waals surface area contributed by atoms with Gasteiger partial charge >= 0.3 is 0 Å². The van der Waals surface area contributed by atoms with Crippen LogP contribution in [0.3, 0.4) is 0 Å². The number of rotatable bonds is 7. The monoisotopic (exact) mass is 306 g/mol. The normalized spacial score (nSPS) is 10.3. The molecule has 1 N–H and O–H groups in total. The quantitative estimate of drug-likeness (QED) is 0.483. The molecule has 0 unspecified atom stereocenters. The SMILES string of the molecule is O=[N+]([O-])c1ccccc1CNCCOc1ccc(Cl)cc1. The number of ether oxygens (including phenoxy) is 1. The topological polar surface area (TPSA) is 64.4 Å². The number of nitro benzene ring substituents is 1. The van der Waals surface area contributed by atoms with Crippen molar-refractivity contribution >= 4 is 17.3 Å². The number of nitro groups is 1. The van der Waals surface area contributed by atoms with Crippen molar-refractivity contribution in [3.05, 3.63) is 69.2 Å². The molecular formula is C15H15ClN2O3. The van der Waals surface area contributed by atoms with Gasteiger partial charge in [0.05, 0.1) is 4.92 Å². The van der Waals surface area contributed by atoms with Crippen molar-refractivity contribution in [1.29, 1.82) is 0 Å². The van der Waals surface area contributed by atoms with Crippen LogP contribution in [0.2, 0.25) is 5.02 Å². The van der Waals surface area contributed by atoms with Crippen molar-refractivity contribution in [2.24, 2.45) is 0 Å². The van der Waals surface area contributed by atoms with Gasteiger partial charge in [0, 0.05) is 29.7 Å². The molecule has 0 fully saturated rings. The highest BCUT2D eigenvalue weighted by atomic mass is 35.5. The molecule has 2 aromatic rings. The summed E-state index contributed by atoms with van der Waals surface area (Å²) in [6.45, 7) is 1.50. The molecule has 0 amide bonds. The largest absolute Gasteiger partial charge is 0.492 e. The predicted octanol–water partition coefficient (Wildman–Crippen LogP) is 3.42. The summed E-state index contributed by atoms with van der Waals surface area (Å²) < 4.78 is 5.52. The summed E-state index contributed by atoms with van der Waals surface area (Å²) >= 11 is 5.78. The number of nitrogens with zero attached hydrogens (tertiary/aromatic N) is 1. The third-order valence-corrected chi connectivity index (χ3v) is 3.12. The van der Waals surface area contributed by atoms with Gasteiger partial charge in [-0.15, -0.1) is 0 Å². The molecule has 0 aliphatic heterocycles. The molecule has 0 saturated heterocycles. The second-order valence-corrected chi connectivity index (χ2v) is 4.80. The van der Waals surface area contributed by atoms with E-state index in [1.54, 1.807) is 42.5 Å². The van der Waals surface area contributed by atoms with E-state index in [0.29, 0.717) is 30.3 Å². The van der Waals surface area contributed by atoms with E-state index in [4.69, 9.17) is 16.3 Å². The van der Waals surface area contributed by atoms with Gasteiger partial charge in [0.1, 0.15) is 12.4 Å². The van der Waals surface area contributed by atoms with Crippen molar-refractivity contribution < 1.29 is 9.66 Å². The van der Waals surface area contributed by atoms with Crippen LogP contribution < -0.4 is 10.1 Å². The Bertz CT molecular complexity index is 602. The molecule has 0 radical (unpaired) electrons. The standard InChI is InChI=1S/C15H15ClN2O3/c16-13-5-7-14(8-6-13)21-10-9-17-11-12-3-1-2-4-15(12)18(19)20/h1-8,17H,9-11H2. The Morgan fingerprint density at radius 3 is 2.57 bits per heavy atom. The summed E-state index contributed by atoms with van der Waals surface area (Å²) in [6.07, 6.45) is 0. The fraction of sp³-hybridized carbons (Fsp3) is 0.200. The first kappa shape index (κ1) is 15.3. The maximum absolute atomic E-state index is 10.9. The molecule has 110 valence electrons. The lowest BCUT2D eigenvalue weighted by Gasteiger charge is -2.08. The van der Waals surface area contributed by atoms with E-state index in [9.17, 15) is 10.1 Å². The number of nitrogens with one attached hydrogen (secondary N) is 1. The summed E-state index contributed by atoms with van der Waals surface area (Å²) in [4.78, 5) is 10.5. The Kier molecular flexibility index (Phi) is 5.54. The number of benzene rings is 2. The van der Waals surface area contributed by atoms with E-state index < -0.39 is 0 Å². The van der Waals surface area contributed by atoms with E-state index >= 15 is 0 Å². The van der Waals surface area contributed by atoms with Gasteiger partial charge in [-0.1, -0.05) is 29.8 Å². The Morgan fingerprint density at radius 2 is 1.86 bits per heavy atom. The molecule has 0 atom stereocenters. The van der Waals surface area contributed by atoms with Crippen molar-refractivity contribution in [2.45, 2.75) is 6.54 Å². The van der Waals surface area contributed by atoms with Gasteiger partial charge < -0.3 is 10.1 Å². The molecule has 0 aliphatic rings. The lowest BCUT2D eigenvalue weighted by molar-refractivity contribution is -0.385. The highest BCUT2D eigenvalue weighted by molar-refractivity contribution is 6.30. The number of hydrogen-bond acceptors (Lipinski definition) is 4. The van der Waals surface area contributed by atoms with Crippen LogP contribution >= 0.6 is 11.6 Å². The Morgan fingerprint density at radius 1 is 1.14 bits per heavy atom. The lowest BCUT2D eigenvalue weighted by atomic mass is 10.2. The number of halogens is 1. The second-order valence-electron chi connectivity index (χ2n) is 4.36. The Labute approximate surface area is 127 Å². The maximum atomic E-state index is 10.9. The number of hydrogen-bond donors (Lipinski definition) is 1. The van der Waals surface area contributed by atoms with Crippen molar-refractivity contribution in [3.63, 3.8) is 0 Å².